The molecule has 0 radical (unpaired) electrons. The Balaban J connectivity index is 2.69. The van der Waals surface area contributed by atoms with Crippen molar-refractivity contribution >= 4 is 0 Å². The minimum Gasteiger partial charge on any atom is -0.508 e. The number of phenols is 1. The van der Waals surface area contributed by atoms with E-state index < -0.39 is 0 Å². The number of phenolic OH excluding ortho intramolecular Hbond substituents is 1. The van der Waals surface area contributed by atoms with Crippen LogP contribution in [0, 0.1) is 5.92 Å². The van der Waals surface area contributed by atoms with Gasteiger partial charge in [-0.1, -0.05) is 104 Å². The average molecular weight is 461 g/mol. The summed E-state index contributed by atoms with van der Waals surface area (Å²) in [6, 6.07) is 13.4. The second-order valence-electron chi connectivity index (χ2n) is 11.4. The van der Waals surface area contributed by atoms with E-state index in [1.807, 2.05) is 19.1 Å². The third-order valence-corrected chi connectivity index (χ3v) is 8.30. The highest BCUT2D eigenvalue weighted by Gasteiger charge is 2.31. The molecule has 0 spiro atoms. The Morgan fingerprint density at radius 1 is 0.735 bits per heavy atom. The fraction of sp³-hybridized carbons (Fsp3) is 0.515. The van der Waals surface area contributed by atoms with Crippen molar-refractivity contribution < 1.29 is 5.11 Å². The predicted octanol–water partition coefficient (Wildman–Crippen LogP) is 9.40. The third-order valence-electron chi connectivity index (χ3n) is 8.30. The van der Waals surface area contributed by atoms with Crippen LogP contribution in [-0.2, 0) is 22.7 Å². The van der Waals surface area contributed by atoms with Crippen LogP contribution in [0.1, 0.15) is 110 Å². The van der Waals surface area contributed by atoms with Gasteiger partial charge in [-0.2, -0.15) is 0 Å². The van der Waals surface area contributed by atoms with Crippen molar-refractivity contribution in [3.8, 4) is 5.75 Å². The van der Waals surface area contributed by atoms with Crippen LogP contribution in [0.25, 0.3) is 0 Å². The maximum absolute atomic E-state index is 10.6. The van der Waals surface area contributed by atoms with Gasteiger partial charge in [-0.25, -0.2) is 0 Å². The highest BCUT2D eigenvalue weighted by Crippen LogP contribution is 2.40. The number of benzene rings is 2. The van der Waals surface area contributed by atoms with Crippen LogP contribution in [0.2, 0.25) is 0 Å². The molecule has 186 valence electrons. The molecule has 0 aliphatic carbocycles. The Bertz CT molecular complexity index is 1020. The van der Waals surface area contributed by atoms with Gasteiger partial charge in [0.05, 0.1) is 0 Å². The first-order valence-electron chi connectivity index (χ1n) is 13.1. The first-order valence-corrected chi connectivity index (χ1v) is 13.1. The molecule has 0 aliphatic rings. The highest BCUT2D eigenvalue weighted by atomic mass is 16.3. The van der Waals surface area contributed by atoms with Crippen molar-refractivity contribution in [2.45, 2.75) is 105 Å². The number of allylic oxidation sites excluding steroid dienone is 4. The van der Waals surface area contributed by atoms with Crippen molar-refractivity contribution in [1.29, 1.82) is 0 Å². The molecule has 0 aliphatic heterocycles. The van der Waals surface area contributed by atoms with E-state index >= 15 is 0 Å². The molecule has 0 saturated carbocycles. The summed E-state index contributed by atoms with van der Waals surface area (Å²) in [7, 11) is 0. The number of hydrogen-bond donors (Lipinski definition) is 1. The van der Waals surface area contributed by atoms with Gasteiger partial charge < -0.3 is 5.11 Å². The molecule has 2 aromatic carbocycles. The molecule has 1 nitrogen and oxygen atoms in total. The molecule has 2 aromatic rings. The van der Waals surface area contributed by atoms with Gasteiger partial charge in [0.15, 0.2) is 0 Å². The van der Waals surface area contributed by atoms with Gasteiger partial charge in [-0.05, 0) is 84.4 Å². The fourth-order valence-electron chi connectivity index (χ4n) is 5.08. The summed E-state index contributed by atoms with van der Waals surface area (Å²) in [5, 5.41) is 10.6. The maximum Gasteiger partial charge on any atom is 0.116 e. The third kappa shape index (κ3) is 6.04. The van der Waals surface area contributed by atoms with Gasteiger partial charge in [0.2, 0.25) is 0 Å². The normalized spacial score (nSPS) is 16.3. The van der Waals surface area contributed by atoms with Gasteiger partial charge in [-0.15, -0.1) is 0 Å². The number of hydrogen-bond acceptors (Lipinski definition) is 1. The van der Waals surface area contributed by atoms with E-state index in [0.717, 1.165) is 30.4 Å². The van der Waals surface area contributed by atoms with E-state index in [0.29, 0.717) is 11.7 Å². The lowest BCUT2D eigenvalue weighted by Gasteiger charge is -2.36. The van der Waals surface area contributed by atoms with Crippen molar-refractivity contribution in [3.63, 3.8) is 0 Å². The standard InChI is InChI=1S/C33H48O/c1-11-15-31(7,8)27-18-26(21-30(34)23-27)17-25-19-28(32(9,13-3)16-12-2)22-29(20-25)33(10,14-4)24(5)6/h11-12,15-16,18-24,34H,13-14,17H2,1-10H3. The summed E-state index contributed by atoms with van der Waals surface area (Å²) < 4.78 is 0. The summed E-state index contributed by atoms with van der Waals surface area (Å²) in [4.78, 5) is 0. The van der Waals surface area contributed by atoms with Crippen molar-refractivity contribution in [1.82, 2.24) is 0 Å². The molecule has 2 unspecified atom stereocenters. The van der Waals surface area contributed by atoms with Gasteiger partial charge in [-0.3, -0.25) is 0 Å². The lowest BCUT2D eigenvalue weighted by Crippen LogP contribution is -2.29. The van der Waals surface area contributed by atoms with Crippen LogP contribution in [-0.4, -0.2) is 5.11 Å². The van der Waals surface area contributed by atoms with E-state index in [1.54, 1.807) is 0 Å². The Morgan fingerprint density at radius 2 is 1.29 bits per heavy atom. The first-order chi connectivity index (χ1) is 15.8. The molecule has 0 fully saturated rings. The predicted molar refractivity (Wildman–Crippen MR) is 150 cm³/mol. The van der Waals surface area contributed by atoms with Crippen LogP contribution in [0.4, 0.5) is 0 Å². The summed E-state index contributed by atoms with van der Waals surface area (Å²) in [5.41, 5.74) is 6.42. The van der Waals surface area contributed by atoms with E-state index in [2.05, 4.69) is 111 Å². The summed E-state index contributed by atoms with van der Waals surface area (Å²) in [6.45, 7) is 22.6. The van der Waals surface area contributed by atoms with Crippen LogP contribution >= 0.6 is 0 Å². The minimum atomic E-state index is -0.125. The molecule has 34 heavy (non-hydrogen) atoms. The minimum absolute atomic E-state index is 0.00302. The van der Waals surface area contributed by atoms with Gasteiger partial charge >= 0.3 is 0 Å². The van der Waals surface area contributed by atoms with Crippen molar-refractivity contribution in [3.05, 3.63) is 88.5 Å². The van der Waals surface area contributed by atoms with Gasteiger partial charge in [0.25, 0.3) is 0 Å². The largest absolute Gasteiger partial charge is 0.508 e. The van der Waals surface area contributed by atoms with E-state index in [4.69, 9.17) is 0 Å². The summed E-state index contributed by atoms with van der Waals surface area (Å²) in [5.74, 6) is 0.888. The van der Waals surface area contributed by atoms with Gasteiger partial charge in [0.1, 0.15) is 5.75 Å². The summed E-state index contributed by atoms with van der Waals surface area (Å²) >= 11 is 0. The topological polar surface area (TPSA) is 20.2 Å². The molecule has 2 atom stereocenters. The molecule has 1 N–H and O–H groups in total. The zero-order valence-electron chi connectivity index (χ0n) is 23.4. The van der Waals surface area contributed by atoms with Crippen molar-refractivity contribution in [2.24, 2.45) is 5.92 Å². The monoisotopic (exact) mass is 460 g/mol. The smallest absolute Gasteiger partial charge is 0.116 e. The first kappa shape index (κ1) is 28.0. The van der Waals surface area contributed by atoms with E-state index in [1.165, 1.54) is 16.7 Å². The van der Waals surface area contributed by atoms with Crippen LogP contribution in [0.5, 0.6) is 5.75 Å². The molecule has 1 heteroatoms. The molecular weight excluding hydrogens is 412 g/mol. The van der Waals surface area contributed by atoms with Gasteiger partial charge in [0, 0.05) is 10.8 Å². The Hall–Kier alpha value is -2.28. The Labute approximate surface area is 210 Å². The fourth-order valence-corrected chi connectivity index (χ4v) is 5.08. The average Bonchev–Trinajstić information content (AvgIpc) is 2.77. The highest BCUT2D eigenvalue weighted by molar-refractivity contribution is 5.45. The second kappa shape index (κ2) is 11.0. The molecule has 0 bridgehead atoms. The zero-order valence-corrected chi connectivity index (χ0v) is 23.4. The van der Waals surface area contributed by atoms with E-state index in [9.17, 15) is 5.11 Å². The lowest BCUT2D eigenvalue weighted by molar-refractivity contribution is 0.325. The molecule has 0 aromatic heterocycles. The molecule has 2 rings (SSSR count). The Morgan fingerprint density at radius 3 is 1.82 bits per heavy atom. The van der Waals surface area contributed by atoms with Crippen molar-refractivity contribution in [2.75, 3.05) is 0 Å². The molecule has 0 heterocycles. The maximum atomic E-state index is 10.6. The molecule has 0 saturated heterocycles. The molecule has 0 amide bonds. The van der Waals surface area contributed by atoms with Crippen LogP contribution in [0.3, 0.4) is 0 Å². The number of aromatic hydroxyl groups is 1. The lowest BCUT2D eigenvalue weighted by atomic mass is 9.69. The summed E-state index contributed by atoms with van der Waals surface area (Å²) in [6.07, 6.45) is 11.8. The zero-order chi connectivity index (χ0) is 25.7. The second-order valence-corrected chi connectivity index (χ2v) is 11.4. The Kier molecular flexibility index (Phi) is 9.03. The quantitative estimate of drug-likeness (QED) is 0.350. The number of rotatable bonds is 10. The van der Waals surface area contributed by atoms with Crippen LogP contribution in [0.15, 0.2) is 60.7 Å². The molecular formula is C33H48O. The van der Waals surface area contributed by atoms with E-state index in [-0.39, 0.29) is 16.2 Å². The van der Waals surface area contributed by atoms with Crippen LogP contribution < -0.4 is 0 Å². The SMILES string of the molecule is CC=CC(C)(C)c1cc(O)cc(Cc2cc(C(C)(C=CC)CC)cc(C(C)(CC)C(C)C)c2)c1.